The van der Waals surface area contributed by atoms with Crippen LogP contribution in [-0.2, 0) is 7.05 Å². The van der Waals surface area contributed by atoms with Crippen molar-refractivity contribution in [3.05, 3.63) is 60.0 Å². The predicted molar refractivity (Wildman–Crippen MR) is 106 cm³/mol. The molecular formula is C23H29N2+. The normalized spacial score (nSPS) is 11.9. The van der Waals surface area contributed by atoms with Gasteiger partial charge in [-0.05, 0) is 53.3 Å². The van der Waals surface area contributed by atoms with E-state index in [0.717, 1.165) is 0 Å². The van der Waals surface area contributed by atoms with Gasteiger partial charge in [-0.1, -0.05) is 39.8 Å². The summed E-state index contributed by atoms with van der Waals surface area (Å²) in [5.41, 5.74) is 5.16. The minimum absolute atomic E-state index is 0.587. The number of nitrogens with zero attached hydrogens (tertiary/aromatic N) is 2. The van der Waals surface area contributed by atoms with Crippen LogP contribution in [0.3, 0.4) is 0 Å². The number of hydrogen-bond acceptors (Lipinski definition) is 1. The van der Waals surface area contributed by atoms with E-state index < -0.39 is 0 Å². The number of hydrogen-bond donors (Lipinski definition) is 0. The van der Waals surface area contributed by atoms with E-state index in [0.29, 0.717) is 17.8 Å². The molecule has 1 aromatic carbocycles. The lowest BCUT2D eigenvalue weighted by molar-refractivity contribution is -0.659. The van der Waals surface area contributed by atoms with Gasteiger partial charge >= 0.3 is 0 Å². The Kier molecular flexibility index (Phi) is 4.89. The number of aryl methyl sites for hydroxylation is 2. The first-order chi connectivity index (χ1) is 11.9. The van der Waals surface area contributed by atoms with Gasteiger partial charge in [-0.15, -0.1) is 0 Å². The quantitative estimate of drug-likeness (QED) is 0.582. The van der Waals surface area contributed by atoms with Crippen molar-refractivity contribution >= 4 is 10.8 Å². The number of pyridine rings is 2. The maximum absolute atomic E-state index is 4.25. The highest BCUT2D eigenvalue weighted by molar-refractivity contribution is 5.93. The Morgan fingerprint density at radius 3 is 2.32 bits per heavy atom. The van der Waals surface area contributed by atoms with Crippen LogP contribution in [0.2, 0.25) is 0 Å². The SMILES string of the molecule is Cc1cnccc1-c1c2ccc(C(C(C)C)C(C)C)cc2cc[n+]1C. The highest BCUT2D eigenvalue weighted by Gasteiger charge is 2.22. The van der Waals surface area contributed by atoms with Crippen LogP contribution in [0.25, 0.3) is 22.0 Å². The van der Waals surface area contributed by atoms with Crippen molar-refractivity contribution in [2.24, 2.45) is 18.9 Å². The fourth-order valence-electron chi connectivity index (χ4n) is 4.21. The lowest BCUT2D eigenvalue weighted by Crippen LogP contribution is -2.30. The van der Waals surface area contributed by atoms with E-state index in [9.17, 15) is 0 Å². The molecule has 0 unspecified atom stereocenters. The molecule has 2 nitrogen and oxygen atoms in total. The third-order valence-corrected chi connectivity index (χ3v) is 5.26. The minimum Gasteiger partial charge on any atom is -0.264 e. The van der Waals surface area contributed by atoms with E-state index in [1.165, 1.54) is 33.2 Å². The Labute approximate surface area is 151 Å². The molecule has 3 rings (SSSR count). The summed E-state index contributed by atoms with van der Waals surface area (Å²) in [5, 5.41) is 2.61. The van der Waals surface area contributed by atoms with Crippen molar-refractivity contribution in [2.75, 3.05) is 0 Å². The molecule has 0 saturated heterocycles. The molecule has 0 aliphatic rings. The van der Waals surface area contributed by atoms with Gasteiger partial charge in [0.25, 0.3) is 0 Å². The van der Waals surface area contributed by atoms with Crippen LogP contribution >= 0.6 is 0 Å². The average molecular weight is 333 g/mol. The molecule has 3 aromatic rings. The van der Waals surface area contributed by atoms with E-state index in [-0.39, 0.29) is 0 Å². The number of benzene rings is 1. The summed E-state index contributed by atoms with van der Waals surface area (Å²) >= 11 is 0. The zero-order valence-electron chi connectivity index (χ0n) is 16.2. The van der Waals surface area contributed by atoms with Gasteiger partial charge in [-0.25, -0.2) is 4.57 Å². The van der Waals surface area contributed by atoms with Crippen LogP contribution in [-0.4, -0.2) is 4.98 Å². The van der Waals surface area contributed by atoms with Crippen LogP contribution < -0.4 is 4.57 Å². The monoisotopic (exact) mass is 333 g/mol. The van der Waals surface area contributed by atoms with Crippen LogP contribution in [0.5, 0.6) is 0 Å². The maximum Gasteiger partial charge on any atom is 0.220 e. The molecule has 25 heavy (non-hydrogen) atoms. The Morgan fingerprint density at radius 2 is 1.68 bits per heavy atom. The third-order valence-electron chi connectivity index (χ3n) is 5.26. The first kappa shape index (κ1) is 17.6. The molecule has 2 heteroatoms. The summed E-state index contributed by atoms with van der Waals surface area (Å²) in [5.74, 6) is 1.86. The summed E-state index contributed by atoms with van der Waals surface area (Å²) in [7, 11) is 2.12. The Morgan fingerprint density at radius 1 is 0.960 bits per heavy atom. The molecule has 0 bridgehead atoms. The second-order valence-corrected chi connectivity index (χ2v) is 7.83. The molecule has 0 fully saturated rings. The van der Waals surface area contributed by atoms with Gasteiger partial charge in [0.05, 0.1) is 10.9 Å². The Bertz CT molecular complexity index is 886. The van der Waals surface area contributed by atoms with Gasteiger partial charge < -0.3 is 0 Å². The molecule has 0 radical (unpaired) electrons. The zero-order chi connectivity index (χ0) is 18.1. The molecule has 0 aliphatic carbocycles. The Hall–Kier alpha value is -2.22. The molecule has 0 aliphatic heterocycles. The summed E-state index contributed by atoms with van der Waals surface area (Å²) < 4.78 is 2.21. The molecule has 2 aromatic heterocycles. The van der Waals surface area contributed by atoms with Crippen LogP contribution in [0, 0.1) is 18.8 Å². The van der Waals surface area contributed by atoms with Crippen molar-refractivity contribution in [1.82, 2.24) is 4.98 Å². The lowest BCUT2D eigenvalue weighted by atomic mass is 9.79. The standard InChI is InChI=1S/C23H29N2/c1-15(2)22(16(3)4)19-7-8-21-18(13-19)10-12-25(6)23(21)20-9-11-24-14-17(20)5/h7-16,22H,1-6H3/q+1. The summed E-state index contributed by atoms with van der Waals surface area (Å²) in [4.78, 5) is 4.25. The summed E-state index contributed by atoms with van der Waals surface area (Å²) in [6.45, 7) is 11.4. The van der Waals surface area contributed by atoms with E-state index in [1.54, 1.807) is 0 Å². The van der Waals surface area contributed by atoms with E-state index in [1.807, 2.05) is 12.4 Å². The number of fused-ring (bicyclic) bond motifs is 1. The van der Waals surface area contributed by atoms with Crippen molar-refractivity contribution < 1.29 is 4.57 Å². The second kappa shape index (κ2) is 6.95. The van der Waals surface area contributed by atoms with Crippen molar-refractivity contribution in [1.29, 1.82) is 0 Å². The Balaban J connectivity index is 2.21. The molecular weight excluding hydrogens is 304 g/mol. The molecule has 0 saturated carbocycles. The van der Waals surface area contributed by atoms with Gasteiger partial charge in [0.1, 0.15) is 7.05 Å². The topological polar surface area (TPSA) is 16.8 Å². The maximum atomic E-state index is 4.25. The number of rotatable bonds is 4. The summed E-state index contributed by atoms with van der Waals surface area (Å²) in [6, 6.07) is 11.4. The second-order valence-electron chi connectivity index (χ2n) is 7.83. The summed E-state index contributed by atoms with van der Waals surface area (Å²) in [6.07, 6.45) is 5.99. The molecule has 0 N–H and O–H groups in total. The van der Waals surface area contributed by atoms with E-state index in [4.69, 9.17) is 0 Å². The number of aromatic nitrogens is 2. The van der Waals surface area contributed by atoms with Crippen LogP contribution in [0.15, 0.2) is 48.9 Å². The highest BCUT2D eigenvalue weighted by atomic mass is 14.9. The van der Waals surface area contributed by atoms with E-state index >= 15 is 0 Å². The average Bonchev–Trinajstić information content (AvgIpc) is 2.55. The fourth-order valence-corrected chi connectivity index (χ4v) is 4.21. The van der Waals surface area contributed by atoms with Crippen molar-refractivity contribution in [2.45, 2.75) is 40.5 Å². The molecule has 2 heterocycles. The van der Waals surface area contributed by atoms with Gasteiger partial charge in [0.2, 0.25) is 5.69 Å². The van der Waals surface area contributed by atoms with Gasteiger partial charge in [-0.2, -0.15) is 0 Å². The third kappa shape index (κ3) is 3.30. The van der Waals surface area contributed by atoms with Crippen molar-refractivity contribution in [3.8, 4) is 11.3 Å². The van der Waals surface area contributed by atoms with Crippen LogP contribution in [0.4, 0.5) is 0 Å². The lowest BCUT2D eigenvalue weighted by Gasteiger charge is -2.25. The first-order valence-electron chi connectivity index (χ1n) is 9.23. The van der Waals surface area contributed by atoms with Gasteiger partial charge in [0.15, 0.2) is 6.20 Å². The van der Waals surface area contributed by atoms with Gasteiger partial charge in [0, 0.05) is 18.5 Å². The molecule has 130 valence electrons. The highest BCUT2D eigenvalue weighted by Crippen LogP contribution is 2.35. The van der Waals surface area contributed by atoms with E-state index in [2.05, 4.69) is 87.7 Å². The smallest absolute Gasteiger partial charge is 0.220 e. The van der Waals surface area contributed by atoms with Gasteiger partial charge in [-0.3, -0.25) is 4.98 Å². The first-order valence-corrected chi connectivity index (χ1v) is 9.23. The van der Waals surface area contributed by atoms with Crippen LogP contribution in [0.1, 0.15) is 44.7 Å². The zero-order valence-corrected chi connectivity index (χ0v) is 16.2. The molecule has 0 amide bonds. The minimum atomic E-state index is 0.587. The van der Waals surface area contributed by atoms with Crippen molar-refractivity contribution in [3.63, 3.8) is 0 Å². The fraction of sp³-hybridized carbons (Fsp3) is 0.391. The largest absolute Gasteiger partial charge is 0.264 e. The predicted octanol–water partition coefficient (Wildman–Crippen LogP) is 5.43. The molecule has 0 atom stereocenters. The molecule has 0 spiro atoms.